The van der Waals surface area contributed by atoms with Crippen LogP contribution in [0.2, 0.25) is 0 Å². The number of fused-ring (bicyclic) bond motifs is 8. The van der Waals surface area contributed by atoms with Gasteiger partial charge in [-0.05, 0) is 56.5 Å². The Kier molecular flexibility index (Phi) is 6.91. The summed E-state index contributed by atoms with van der Waals surface area (Å²) in [5, 5.41) is 22.7. The third kappa shape index (κ3) is 4.79. The number of phenols is 2. The van der Waals surface area contributed by atoms with Gasteiger partial charge in [-0.25, -0.2) is 0 Å². The van der Waals surface area contributed by atoms with E-state index in [1.807, 2.05) is 60.7 Å². The molecule has 0 atom stereocenters. The third-order valence-electron chi connectivity index (χ3n) is 7.20. The highest BCUT2D eigenvalue weighted by atomic mass is 16.5. The first-order chi connectivity index (χ1) is 18.0. The Hall–Kier alpha value is -4.18. The summed E-state index contributed by atoms with van der Waals surface area (Å²) in [7, 11) is 3.35. The summed E-state index contributed by atoms with van der Waals surface area (Å²) in [5.41, 5.74) is 8.42. The molecule has 0 unspecified atom stereocenters. The molecule has 0 fully saturated rings. The lowest BCUT2D eigenvalue weighted by Gasteiger charge is -2.19. The Bertz CT molecular complexity index is 1370. The van der Waals surface area contributed by atoms with E-state index >= 15 is 0 Å². The number of methoxy groups -OCH3 is 2. The summed E-state index contributed by atoms with van der Waals surface area (Å²) in [5.74, 6) is 2.15. The van der Waals surface area contributed by atoms with Gasteiger partial charge in [0.1, 0.15) is 23.0 Å². The van der Waals surface area contributed by atoms with Crippen LogP contribution in [0.15, 0.2) is 79.4 Å². The first-order valence-corrected chi connectivity index (χ1v) is 12.6. The van der Waals surface area contributed by atoms with Gasteiger partial charge in [-0.2, -0.15) is 0 Å². The van der Waals surface area contributed by atoms with E-state index < -0.39 is 0 Å². The summed E-state index contributed by atoms with van der Waals surface area (Å²) in [6.07, 6.45) is 4.69. The highest BCUT2D eigenvalue weighted by Crippen LogP contribution is 2.38. The van der Waals surface area contributed by atoms with Crippen LogP contribution in [0, 0.1) is 0 Å². The van der Waals surface area contributed by atoms with Crippen molar-refractivity contribution in [3.8, 4) is 23.0 Å². The maximum absolute atomic E-state index is 11.4. The second kappa shape index (κ2) is 10.4. The predicted molar refractivity (Wildman–Crippen MR) is 147 cm³/mol. The molecule has 4 aromatic rings. The number of phenolic OH excluding ortho intramolecular Hbond substituents is 2. The monoisotopic (exact) mass is 492 g/mol. The van der Waals surface area contributed by atoms with E-state index in [1.165, 1.54) is 0 Å². The number of hydrogen-bond donors (Lipinski definition) is 2. The lowest BCUT2D eigenvalue weighted by Crippen LogP contribution is -2.04. The van der Waals surface area contributed by atoms with Crippen LogP contribution < -0.4 is 9.47 Å². The molecule has 1 aliphatic carbocycles. The van der Waals surface area contributed by atoms with Gasteiger partial charge in [-0.1, -0.05) is 72.8 Å². The maximum atomic E-state index is 11.4. The van der Waals surface area contributed by atoms with Crippen LogP contribution in [-0.4, -0.2) is 24.4 Å². The molecule has 4 nitrogen and oxygen atoms in total. The van der Waals surface area contributed by atoms with E-state index in [0.717, 1.165) is 61.6 Å². The second-order valence-corrected chi connectivity index (χ2v) is 9.61. The van der Waals surface area contributed by atoms with E-state index in [1.54, 1.807) is 14.2 Å². The second-order valence-electron chi connectivity index (χ2n) is 9.61. The number of aromatic hydroxyl groups is 2. The fraction of sp³-hybridized carbons (Fsp3) is 0.212. The van der Waals surface area contributed by atoms with Gasteiger partial charge in [0.05, 0.1) is 14.2 Å². The molecule has 37 heavy (non-hydrogen) atoms. The molecule has 0 aliphatic heterocycles. The molecule has 188 valence electrons. The van der Waals surface area contributed by atoms with Gasteiger partial charge in [0.15, 0.2) is 0 Å². The minimum absolute atomic E-state index is 0.294. The molecule has 0 radical (unpaired) electrons. The number of allylic oxidation sites excluding steroid dienone is 1. The van der Waals surface area contributed by atoms with Crippen molar-refractivity contribution in [2.24, 2.45) is 0 Å². The average molecular weight is 493 g/mol. The molecule has 0 heterocycles. The van der Waals surface area contributed by atoms with Crippen molar-refractivity contribution >= 4 is 0 Å². The summed E-state index contributed by atoms with van der Waals surface area (Å²) in [6.45, 7) is 3.92. The zero-order valence-corrected chi connectivity index (χ0v) is 21.4. The number of rotatable bonds is 4. The normalized spacial score (nSPS) is 12.6. The van der Waals surface area contributed by atoms with Crippen LogP contribution in [-0.2, 0) is 32.1 Å². The topological polar surface area (TPSA) is 58.9 Å². The Labute approximate surface area is 218 Å². The van der Waals surface area contributed by atoms with Crippen LogP contribution in [0.4, 0.5) is 0 Å². The van der Waals surface area contributed by atoms with Crippen molar-refractivity contribution in [1.82, 2.24) is 0 Å². The molecular formula is C33H32O4. The molecule has 4 aromatic carbocycles. The van der Waals surface area contributed by atoms with Gasteiger partial charge in [0, 0.05) is 25.7 Å². The third-order valence-corrected chi connectivity index (χ3v) is 7.20. The van der Waals surface area contributed by atoms with Crippen molar-refractivity contribution < 1.29 is 19.7 Å². The predicted octanol–water partition coefficient (Wildman–Crippen LogP) is 6.52. The molecule has 1 aliphatic rings. The Morgan fingerprint density at radius 3 is 1.35 bits per heavy atom. The van der Waals surface area contributed by atoms with E-state index in [9.17, 15) is 10.2 Å². The number of ether oxygens (including phenoxy) is 2. The molecule has 0 saturated heterocycles. The van der Waals surface area contributed by atoms with Crippen LogP contribution >= 0.6 is 0 Å². The molecular weight excluding hydrogens is 460 g/mol. The smallest absolute Gasteiger partial charge is 0.125 e. The largest absolute Gasteiger partial charge is 0.507 e. The van der Waals surface area contributed by atoms with Crippen molar-refractivity contribution in [1.29, 1.82) is 0 Å². The van der Waals surface area contributed by atoms with E-state index in [4.69, 9.17) is 9.47 Å². The molecule has 8 bridgehead atoms. The quantitative estimate of drug-likeness (QED) is 0.281. The van der Waals surface area contributed by atoms with Crippen LogP contribution in [0.5, 0.6) is 23.0 Å². The van der Waals surface area contributed by atoms with Gasteiger partial charge in [0.2, 0.25) is 0 Å². The SMILES string of the molecule is C=CCc1cc2c(O)c(c1)Cc1cccc(c1OC)Cc1cccc(c1O)Cc1cccc(c1OC)C2. The highest BCUT2D eigenvalue weighted by molar-refractivity contribution is 5.56. The number of benzene rings is 4. The van der Waals surface area contributed by atoms with Gasteiger partial charge in [0.25, 0.3) is 0 Å². The van der Waals surface area contributed by atoms with E-state index in [0.29, 0.717) is 43.6 Å². The number of para-hydroxylation sites is 3. The molecule has 2 N–H and O–H groups in total. The number of hydrogen-bond acceptors (Lipinski definition) is 4. The van der Waals surface area contributed by atoms with Crippen molar-refractivity contribution in [3.05, 3.63) is 129 Å². The average Bonchev–Trinajstić information content (AvgIpc) is 2.89. The van der Waals surface area contributed by atoms with Crippen LogP contribution in [0.25, 0.3) is 0 Å². The Morgan fingerprint density at radius 2 is 0.973 bits per heavy atom. The van der Waals surface area contributed by atoms with Crippen LogP contribution in [0.1, 0.15) is 50.1 Å². The summed E-state index contributed by atoms with van der Waals surface area (Å²) in [4.78, 5) is 0. The minimum Gasteiger partial charge on any atom is -0.507 e. The molecule has 0 amide bonds. The molecule has 0 spiro atoms. The zero-order chi connectivity index (χ0) is 25.9. The first kappa shape index (κ1) is 24.5. The standard InChI is InChI=1S/C33H32O4/c1-4-8-21-15-28-19-26-13-6-11-24(32(26)36-2)17-22-9-5-10-23(30(22)34)18-25-12-7-14-27(33(25)37-3)20-29(16-21)31(28)35/h4-7,9-16,34-35H,1,8,17-20H2,2-3H3. The molecule has 4 heteroatoms. The van der Waals surface area contributed by atoms with Gasteiger partial charge in [-0.3, -0.25) is 0 Å². The maximum Gasteiger partial charge on any atom is 0.125 e. The minimum atomic E-state index is 0.294. The molecule has 0 saturated carbocycles. The van der Waals surface area contributed by atoms with Crippen molar-refractivity contribution in [2.45, 2.75) is 32.1 Å². The van der Waals surface area contributed by atoms with Gasteiger partial charge >= 0.3 is 0 Å². The van der Waals surface area contributed by atoms with Crippen molar-refractivity contribution in [2.75, 3.05) is 14.2 Å². The Morgan fingerprint density at radius 1 is 0.622 bits per heavy atom. The summed E-state index contributed by atoms with van der Waals surface area (Å²) >= 11 is 0. The van der Waals surface area contributed by atoms with E-state index in [-0.39, 0.29) is 0 Å². The highest BCUT2D eigenvalue weighted by Gasteiger charge is 2.20. The lowest BCUT2D eigenvalue weighted by molar-refractivity contribution is 0.404. The fourth-order valence-electron chi connectivity index (χ4n) is 5.49. The Balaban J connectivity index is 1.76. The first-order valence-electron chi connectivity index (χ1n) is 12.6. The molecule has 5 rings (SSSR count). The van der Waals surface area contributed by atoms with Gasteiger partial charge < -0.3 is 19.7 Å². The van der Waals surface area contributed by atoms with Crippen molar-refractivity contribution in [3.63, 3.8) is 0 Å². The van der Waals surface area contributed by atoms with Crippen LogP contribution in [0.3, 0.4) is 0 Å². The fourth-order valence-corrected chi connectivity index (χ4v) is 5.49. The van der Waals surface area contributed by atoms with Gasteiger partial charge in [-0.15, -0.1) is 6.58 Å². The summed E-state index contributed by atoms with van der Waals surface area (Å²) in [6, 6.07) is 22.2. The van der Waals surface area contributed by atoms with E-state index in [2.05, 4.69) is 18.7 Å². The lowest BCUT2D eigenvalue weighted by atomic mass is 9.90. The molecule has 0 aromatic heterocycles. The zero-order valence-electron chi connectivity index (χ0n) is 21.4. The summed E-state index contributed by atoms with van der Waals surface area (Å²) < 4.78 is 11.8.